The molecule has 1 saturated heterocycles. The molecule has 1 aliphatic carbocycles. The number of aromatic carboxylic acids is 1. The Hall–Kier alpha value is -1.23. The first-order chi connectivity index (χ1) is 9.24. The van der Waals surface area contributed by atoms with Gasteiger partial charge in [-0.15, -0.1) is 0 Å². The van der Waals surface area contributed by atoms with Gasteiger partial charge in [0, 0.05) is 17.5 Å². The molecule has 2 aliphatic rings. The van der Waals surface area contributed by atoms with Crippen LogP contribution < -0.4 is 5.32 Å². The molecule has 0 bridgehead atoms. The Morgan fingerprint density at radius 3 is 3.00 bits per heavy atom. The van der Waals surface area contributed by atoms with E-state index in [2.05, 4.69) is 10.3 Å². The van der Waals surface area contributed by atoms with E-state index in [-0.39, 0.29) is 0 Å². The zero-order valence-corrected chi connectivity index (χ0v) is 11.6. The third-order valence-electron chi connectivity index (χ3n) is 3.80. The lowest BCUT2D eigenvalue weighted by molar-refractivity contribution is 0.0697. The van der Waals surface area contributed by atoms with Crippen LogP contribution in [-0.2, 0) is 12.8 Å². The number of aromatic nitrogens is 1. The van der Waals surface area contributed by atoms with Crippen molar-refractivity contribution in [3.8, 4) is 0 Å². The molecule has 2 heterocycles. The highest BCUT2D eigenvalue weighted by molar-refractivity contribution is 7.99. The number of hydrogen-bond acceptors (Lipinski definition) is 4. The van der Waals surface area contributed by atoms with Crippen LogP contribution in [0.3, 0.4) is 0 Å². The molecule has 5 heteroatoms. The van der Waals surface area contributed by atoms with Gasteiger partial charge in [-0.25, -0.2) is 9.78 Å². The predicted octanol–water partition coefficient (Wildman–Crippen LogP) is 2.58. The average Bonchev–Trinajstić information content (AvgIpc) is 2.90. The molecule has 1 atom stereocenters. The number of pyridine rings is 1. The lowest BCUT2D eigenvalue weighted by Crippen LogP contribution is -2.22. The van der Waals surface area contributed by atoms with Crippen molar-refractivity contribution < 1.29 is 9.90 Å². The van der Waals surface area contributed by atoms with E-state index < -0.39 is 5.97 Å². The van der Waals surface area contributed by atoms with Crippen LogP contribution in [0.15, 0.2) is 6.07 Å². The predicted molar refractivity (Wildman–Crippen MR) is 77.2 cm³/mol. The molecule has 3 rings (SSSR count). The molecule has 0 spiro atoms. The maximum absolute atomic E-state index is 11.4. The highest BCUT2D eigenvalue weighted by Gasteiger charge is 2.22. The second-order valence-electron chi connectivity index (χ2n) is 5.21. The van der Waals surface area contributed by atoms with Gasteiger partial charge in [0.1, 0.15) is 11.4 Å². The Kier molecular flexibility index (Phi) is 3.64. The molecule has 2 N–H and O–H groups in total. The number of anilines is 1. The molecule has 19 heavy (non-hydrogen) atoms. The van der Waals surface area contributed by atoms with E-state index in [0.29, 0.717) is 17.4 Å². The quantitative estimate of drug-likeness (QED) is 0.890. The summed E-state index contributed by atoms with van der Waals surface area (Å²) >= 11 is 1.91. The summed E-state index contributed by atoms with van der Waals surface area (Å²) < 4.78 is 0. The molecular weight excluding hydrogens is 260 g/mol. The Balaban J connectivity index is 1.93. The second-order valence-corrected chi connectivity index (χ2v) is 6.36. The zero-order valence-electron chi connectivity index (χ0n) is 10.8. The summed E-state index contributed by atoms with van der Waals surface area (Å²) in [4.78, 5) is 16.0. The fourth-order valence-corrected chi connectivity index (χ4v) is 3.90. The summed E-state index contributed by atoms with van der Waals surface area (Å²) in [7, 11) is 0. The van der Waals surface area contributed by atoms with Crippen LogP contribution in [0.2, 0.25) is 0 Å². The summed E-state index contributed by atoms with van der Waals surface area (Å²) in [5.74, 6) is 1.87. The Morgan fingerprint density at radius 2 is 2.26 bits per heavy atom. The van der Waals surface area contributed by atoms with E-state index in [1.165, 1.54) is 0 Å². The van der Waals surface area contributed by atoms with Gasteiger partial charge >= 0.3 is 5.97 Å². The first-order valence-corrected chi connectivity index (χ1v) is 8.00. The van der Waals surface area contributed by atoms with Gasteiger partial charge in [-0.1, -0.05) is 0 Å². The summed E-state index contributed by atoms with van der Waals surface area (Å²) in [6.45, 7) is 0. The fourth-order valence-electron chi connectivity index (χ4n) is 2.75. The Bertz CT molecular complexity index is 498. The van der Waals surface area contributed by atoms with Crippen LogP contribution in [0.5, 0.6) is 0 Å². The number of thioether (sulfide) groups is 1. The third-order valence-corrected chi connectivity index (χ3v) is 4.96. The maximum atomic E-state index is 11.4. The van der Waals surface area contributed by atoms with E-state index in [9.17, 15) is 9.90 Å². The summed E-state index contributed by atoms with van der Waals surface area (Å²) in [6, 6.07) is 2.19. The molecule has 1 aliphatic heterocycles. The van der Waals surface area contributed by atoms with Crippen LogP contribution in [0, 0.1) is 0 Å². The standard InChI is InChI=1S/C14H18N2O2S/c17-14(18)11-7-9-3-1-2-4-12(9)16-13(11)15-10-5-6-19-8-10/h7,10H,1-6,8H2,(H,15,16)(H,17,18). The fraction of sp³-hybridized carbons (Fsp3) is 0.571. The van der Waals surface area contributed by atoms with Crippen molar-refractivity contribution in [2.75, 3.05) is 16.8 Å². The van der Waals surface area contributed by atoms with Crippen molar-refractivity contribution in [3.63, 3.8) is 0 Å². The summed E-state index contributed by atoms with van der Waals surface area (Å²) in [5.41, 5.74) is 2.54. The number of fused-ring (bicyclic) bond motifs is 1. The van der Waals surface area contributed by atoms with Crippen LogP contribution in [-0.4, -0.2) is 33.6 Å². The topological polar surface area (TPSA) is 62.2 Å². The minimum absolute atomic E-state index is 0.331. The number of carbonyl (C=O) groups is 1. The number of aryl methyl sites for hydroxylation is 2. The number of nitrogens with zero attached hydrogens (tertiary/aromatic N) is 1. The van der Waals surface area contributed by atoms with E-state index in [1.807, 2.05) is 17.8 Å². The first-order valence-electron chi connectivity index (χ1n) is 6.84. The van der Waals surface area contributed by atoms with Gasteiger partial charge in [0.25, 0.3) is 0 Å². The van der Waals surface area contributed by atoms with Gasteiger partial charge < -0.3 is 10.4 Å². The van der Waals surface area contributed by atoms with Crippen molar-refractivity contribution in [2.45, 2.75) is 38.1 Å². The lowest BCUT2D eigenvalue weighted by Gasteiger charge is -2.20. The monoisotopic (exact) mass is 278 g/mol. The van der Waals surface area contributed by atoms with Crippen LogP contribution in [0.25, 0.3) is 0 Å². The number of hydrogen-bond donors (Lipinski definition) is 2. The molecule has 0 saturated carbocycles. The van der Waals surface area contributed by atoms with Crippen molar-refractivity contribution in [3.05, 3.63) is 22.9 Å². The molecule has 1 aromatic heterocycles. The number of carboxylic acid groups (broad SMARTS) is 1. The minimum atomic E-state index is -0.881. The van der Waals surface area contributed by atoms with Gasteiger partial charge in [-0.2, -0.15) is 11.8 Å². The van der Waals surface area contributed by atoms with E-state index in [1.54, 1.807) is 0 Å². The third kappa shape index (κ3) is 2.71. The lowest BCUT2D eigenvalue weighted by atomic mass is 9.94. The van der Waals surface area contributed by atoms with Crippen molar-refractivity contribution >= 4 is 23.5 Å². The Labute approximate surface area is 117 Å². The van der Waals surface area contributed by atoms with Gasteiger partial charge in [0.05, 0.1) is 0 Å². The maximum Gasteiger partial charge on any atom is 0.339 e. The summed E-state index contributed by atoms with van der Waals surface area (Å²) in [5, 5.41) is 12.7. The van der Waals surface area contributed by atoms with Gasteiger partial charge in [0.15, 0.2) is 0 Å². The van der Waals surface area contributed by atoms with E-state index >= 15 is 0 Å². The minimum Gasteiger partial charge on any atom is -0.478 e. The largest absolute Gasteiger partial charge is 0.478 e. The van der Waals surface area contributed by atoms with E-state index in [4.69, 9.17) is 0 Å². The highest BCUT2D eigenvalue weighted by atomic mass is 32.2. The molecule has 0 radical (unpaired) electrons. The van der Waals surface area contributed by atoms with Gasteiger partial charge in [-0.3, -0.25) is 0 Å². The molecular formula is C14H18N2O2S. The molecule has 1 unspecified atom stereocenters. The smallest absolute Gasteiger partial charge is 0.339 e. The van der Waals surface area contributed by atoms with Crippen molar-refractivity contribution in [2.24, 2.45) is 0 Å². The molecule has 0 aromatic carbocycles. The van der Waals surface area contributed by atoms with Crippen molar-refractivity contribution in [1.82, 2.24) is 4.98 Å². The van der Waals surface area contributed by atoms with Crippen LogP contribution in [0.4, 0.5) is 5.82 Å². The first kappa shape index (κ1) is 12.8. The van der Waals surface area contributed by atoms with Crippen molar-refractivity contribution in [1.29, 1.82) is 0 Å². The molecule has 1 aromatic rings. The Morgan fingerprint density at radius 1 is 1.42 bits per heavy atom. The number of rotatable bonds is 3. The molecule has 1 fully saturated rings. The number of carboxylic acids is 1. The van der Waals surface area contributed by atoms with Gasteiger partial charge in [-0.05, 0) is 49.5 Å². The SMILES string of the molecule is O=C(O)c1cc2c(nc1NC1CCSC1)CCCC2. The zero-order chi connectivity index (χ0) is 13.2. The molecule has 4 nitrogen and oxygen atoms in total. The normalized spacial score (nSPS) is 22.0. The number of nitrogens with one attached hydrogen (secondary N) is 1. The average molecular weight is 278 g/mol. The van der Waals surface area contributed by atoms with Crippen LogP contribution >= 0.6 is 11.8 Å². The van der Waals surface area contributed by atoms with Gasteiger partial charge in [0.2, 0.25) is 0 Å². The molecule has 102 valence electrons. The second kappa shape index (κ2) is 5.41. The summed E-state index contributed by atoms with van der Waals surface area (Å²) in [6.07, 6.45) is 5.32. The van der Waals surface area contributed by atoms with E-state index in [0.717, 1.165) is 54.9 Å². The van der Waals surface area contributed by atoms with Crippen LogP contribution in [0.1, 0.15) is 40.9 Å². The molecule has 0 amide bonds. The highest BCUT2D eigenvalue weighted by Crippen LogP contribution is 2.27.